The minimum absolute atomic E-state index is 0.143. The summed E-state index contributed by atoms with van der Waals surface area (Å²) in [5.41, 5.74) is 7.09. The fourth-order valence-electron chi connectivity index (χ4n) is 2.21. The number of imide groups is 1. The number of nitrogen functional groups attached to an aromatic ring is 1. The van der Waals surface area contributed by atoms with Gasteiger partial charge in [-0.25, -0.2) is 0 Å². The second-order valence-corrected chi connectivity index (χ2v) is 4.75. The summed E-state index contributed by atoms with van der Waals surface area (Å²) in [7, 11) is 1.50. The van der Waals surface area contributed by atoms with Gasteiger partial charge in [-0.1, -0.05) is 0 Å². The van der Waals surface area contributed by atoms with Crippen LogP contribution < -0.4 is 15.8 Å². The highest BCUT2D eigenvalue weighted by Gasteiger charge is 2.31. The van der Waals surface area contributed by atoms with Crippen molar-refractivity contribution in [2.45, 2.75) is 25.8 Å². The molecule has 3 N–H and O–H groups in total. The third-order valence-corrected chi connectivity index (χ3v) is 3.23. The number of nitrogens with one attached hydrogen (secondary N) is 1. The molecule has 1 aromatic rings. The molecule has 1 aromatic carbocycles. The van der Waals surface area contributed by atoms with E-state index < -0.39 is 6.04 Å². The predicted octanol–water partition coefficient (Wildman–Crippen LogP) is 1.23. The van der Waals surface area contributed by atoms with E-state index in [0.29, 0.717) is 30.9 Å². The SMILES string of the molecule is CCOc1cc(N)cc(NC2CCC(=O)N(C)C2=O)c1. The Morgan fingerprint density at radius 1 is 1.40 bits per heavy atom. The van der Waals surface area contributed by atoms with Crippen molar-refractivity contribution in [1.82, 2.24) is 4.90 Å². The van der Waals surface area contributed by atoms with E-state index in [-0.39, 0.29) is 11.8 Å². The Balaban J connectivity index is 2.13. The number of benzene rings is 1. The highest BCUT2D eigenvalue weighted by molar-refractivity contribution is 6.01. The summed E-state index contributed by atoms with van der Waals surface area (Å²) in [6.07, 6.45) is 0.849. The van der Waals surface area contributed by atoms with Crippen molar-refractivity contribution in [2.24, 2.45) is 0 Å². The van der Waals surface area contributed by atoms with E-state index in [1.807, 2.05) is 6.92 Å². The van der Waals surface area contributed by atoms with Crippen molar-refractivity contribution in [3.8, 4) is 5.75 Å². The molecule has 1 unspecified atom stereocenters. The number of nitrogens with two attached hydrogens (primary N) is 1. The lowest BCUT2D eigenvalue weighted by atomic mass is 10.0. The summed E-state index contributed by atoms with van der Waals surface area (Å²) >= 11 is 0. The number of nitrogens with zero attached hydrogens (tertiary/aromatic N) is 1. The first-order valence-electron chi connectivity index (χ1n) is 6.61. The topological polar surface area (TPSA) is 84.7 Å². The zero-order valence-electron chi connectivity index (χ0n) is 11.7. The average Bonchev–Trinajstić information content (AvgIpc) is 2.39. The molecule has 1 atom stereocenters. The summed E-state index contributed by atoms with van der Waals surface area (Å²) in [4.78, 5) is 24.6. The van der Waals surface area contributed by atoms with Gasteiger partial charge in [0.15, 0.2) is 0 Å². The minimum atomic E-state index is -0.408. The van der Waals surface area contributed by atoms with Crippen LogP contribution in [0.25, 0.3) is 0 Å². The fraction of sp³-hybridized carbons (Fsp3) is 0.429. The minimum Gasteiger partial charge on any atom is -0.494 e. The molecule has 1 aliphatic rings. The molecule has 6 nitrogen and oxygen atoms in total. The van der Waals surface area contributed by atoms with Crippen LogP contribution in [0, 0.1) is 0 Å². The number of hydrogen-bond acceptors (Lipinski definition) is 5. The molecule has 0 spiro atoms. The summed E-state index contributed by atoms with van der Waals surface area (Å²) in [6, 6.07) is 4.86. The number of amides is 2. The van der Waals surface area contributed by atoms with Gasteiger partial charge in [0, 0.05) is 37.0 Å². The van der Waals surface area contributed by atoms with Gasteiger partial charge in [0.2, 0.25) is 5.91 Å². The van der Waals surface area contributed by atoms with Crippen molar-refractivity contribution >= 4 is 23.2 Å². The number of likely N-dealkylation sites (N-methyl/N-ethyl adjacent to an activating group) is 1. The van der Waals surface area contributed by atoms with Crippen LogP contribution in [0.1, 0.15) is 19.8 Å². The number of hydrogen-bond donors (Lipinski definition) is 2. The highest BCUT2D eigenvalue weighted by Crippen LogP contribution is 2.25. The molecule has 1 saturated heterocycles. The Hall–Kier alpha value is -2.24. The lowest BCUT2D eigenvalue weighted by Crippen LogP contribution is -2.48. The Morgan fingerprint density at radius 2 is 2.15 bits per heavy atom. The predicted molar refractivity (Wildman–Crippen MR) is 76.4 cm³/mol. The third kappa shape index (κ3) is 3.01. The number of carbonyl (C=O) groups excluding carboxylic acids is 2. The van der Waals surface area contributed by atoms with E-state index in [0.717, 1.165) is 10.6 Å². The van der Waals surface area contributed by atoms with Gasteiger partial charge in [0.25, 0.3) is 5.91 Å². The molecule has 0 radical (unpaired) electrons. The smallest absolute Gasteiger partial charge is 0.251 e. The molecule has 0 saturated carbocycles. The van der Waals surface area contributed by atoms with Crippen LogP contribution in [-0.4, -0.2) is 36.4 Å². The lowest BCUT2D eigenvalue weighted by Gasteiger charge is -2.29. The molecule has 1 heterocycles. The first-order valence-corrected chi connectivity index (χ1v) is 6.61. The second-order valence-electron chi connectivity index (χ2n) is 4.75. The van der Waals surface area contributed by atoms with Crippen LogP contribution in [0.15, 0.2) is 18.2 Å². The van der Waals surface area contributed by atoms with Gasteiger partial charge in [-0.05, 0) is 19.4 Å². The van der Waals surface area contributed by atoms with Gasteiger partial charge >= 0.3 is 0 Å². The van der Waals surface area contributed by atoms with Crippen molar-refractivity contribution in [3.63, 3.8) is 0 Å². The first kappa shape index (κ1) is 14.2. The number of carbonyl (C=O) groups is 2. The van der Waals surface area contributed by atoms with E-state index in [4.69, 9.17) is 10.5 Å². The molecule has 0 aliphatic carbocycles. The number of ether oxygens (including phenoxy) is 1. The molecule has 1 aliphatic heterocycles. The zero-order valence-corrected chi connectivity index (χ0v) is 11.7. The van der Waals surface area contributed by atoms with Gasteiger partial charge < -0.3 is 15.8 Å². The van der Waals surface area contributed by atoms with Crippen LogP contribution in [0.2, 0.25) is 0 Å². The zero-order chi connectivity index (χ0) is 14.7. The third-order valence-electron chi connectivity index (χ3n) is 3.23. The molecule has 2 amide bonds. The molecule has 6 heteroatoms. The average molecular weight is 277 g/mol. The summed E-state index contributed by atoms with van der Waals surface area (Å²) in [5, 5.41) is 3.12. The molecule has 1 fully saturated rings. The van der Waals surface area contributed by atoms with Crippen molar-refractivity contribution < 1.29 is 14.3 Å². The Labute approximate surface area is 117 Å². The van der Waals surface area contributed by atoms with Crippen LogP contribution in [0.4, 0.5) is 11.4 Å². The highest BCUT2D eigenvalue weighted by atomic mass is 16.5. The van der Waals surface area contributed by atoms with Gasteiger partial charge in [0.05, 0.1) is 6.61 Å². The standard InChI is InChI=1S/C14H19N3O3/c1-3-20-11-7-9(15)6-10(8-11)16-12-4-5-13(18)17(2)14(12)19/h6-8,12,16H,3-5,15H2,1-2H3. The molecular formula is C14H19N3O3. The van der Waals surface area contributed by atoms with Crippen LogP contribution >= 0.6 is 0 Å². The number of anilines is 2. The van der Waals surface area contributed by atoms with E-state index in [1.54, 1.807) is 18.2 Å². The van der Waals surface area contributed by atoms with Crippen LogP contribution in [-0.2, 0) is 9.59 Å². The maximum absolute atomic E-state index is 12.0. The quantitative estimate of drug-likeness (QED) is 0.638. The lowest BCUT2D eigenvalue weighted by molar-refractivity contribution is -0.146. The number of piperidine rings is 1. The normalized spacial score (nSPS) is 19.1. The molecular weight excluding hydrogens is 258 g/mol. The van der Waals surface area contributed by atoms with Gasteiger partial charge in [-0.3, -0.25) is 14.5 Å². The Bertz CT molecular complexity index is 530. The summed E-state index contributed by atoms with van der Waals surface area (Å²) in [5.74, 6) is 0.292. The number of rotatable bonds is 4. The van der Waals surface area contributed by atoms with E-state index >= 15 is 0 Å². The van der Waals surface area contributed by atoms with E-state index in [2.05, 4.69) is 5.32 Å². The first-order chi connectivity index (χ1) is 9.51. The van der Waals surface area contributed by atoms with Crippen molar-refractivity contribution in [2.75, 3.05) is 24.7 Å². The van der Waals surface area contributed by atoms with Crippen molar-refractivity contribution in [3.05, 3.63) is 18.2 Å². The van der Waals surface area contributed by atoms with Gasteiger partial charge in [-0.15, -0.1) is 0 Å². The van der Waals surface area contributed by atoms with E-state index in [9.17, 15) is 9.59 Å². The van der Waals surface area contributed by atoms with Crippen LogP contribution in [0.3, 0.4) is 0 Å². The molecule has 0 aromatic heterocycles. The molecule has 2 rings (SSSR count). The summed E-state index contributed by atoms with van der Waals surface area (Å²) < 4.78 is 5.41. The fourth-order valence-corrected chi connectivity index (χ4v) is 2.21. The van der Waals surface area contributed by atoms with Crippen LogP contribution in [0.5, 0.6) is 5.75 Å². The molecule has 0 bridgehead atoms. The van der Waals surface area contributed by atoms with Crippen molar-refractivity contribution in [1.29, 1.82) is 0 Å². The largest absolute Gasteiger partial charge is 0.494 e. The van der Waals surface area contributed by atoms with E-state index in [1.165, 1.54) is 7.05 Å². The molecule has 20 heavy (non-hydrogen) atoms. The summed E-state index contributed by atoms with van der Waals surface area (Å²) in [6.45, 7) is 2.43. The number of likely N-dealkylation sites (tertiary alicyclic amines) is 1. The van der Waals surface area contributed by atoms with Gasteiger partial charge in [-0.2, -0.15) is 0 Å². The second kappa shape index (κ2) is 5.81. The maximum atomic E-state index is 12.0. The molecule has 108 valence electrons. The Kier molecular flexibility index (Phi) is 4.12. The van der Waals surface area contributed by atoms with Gasteiger partial charge in [0.1, 0.15) is 11.8 Å². The Morgan fingerprint density at radius 3 is 2.85 bits per heavy atom. The maximum Gasteiger partial charge on any atom is 0.251 e. The monoisotopic (exact) mass is 277 g/mol.